The molecule has 0 atom stereocenters. The van der Waals surface area contributed by atoms with Gasteiger partial charge < -0.3 is 34.1 Å². The van der Waals surface area contributed by atoms with Crippen LogP contribution in [0, 0.1) is 11.6 Å². The van der Waals surface area contributed by atoms with Gasteiger partial charge >= 0.3 is 5.97 Å². The smallest absolute Gasteiger partial charge is 0.302 e. The first-order chi connectivity index (χ1) is 41.1. The number of benzene rings is 6. The highest BCUT2D eigenvalue weighted by Crippen LogP contribution is 2.27. The molecule has 0 aliphatic heterocycles. The van der Waals surface area contributed by atoms with E-state index >= 15 is 0 Å². The second kappa shape index (κ2) is 32.5. The predicted octanol–water partition coefficient (Wildman–Crippen LogP) is 12.8. The Morgan fingerprint density at radius 3 is 1.62 bits per heavy atom. The Bertz CT molecular complexity index is 3650. The first-order valence-corrected chi connectivity index (χ1v) is 28.8. The maximum Gasteiger partial charge on any atom is 0.302 e. The Hall–Kier alpha value is -9.26. The largest absolute Gasteiger partial charge is 0.491 e. The third kappa shape index (κ3) is 21.1. The van der Waals surface area contributed by atoms with E-state index in [1.807, 2.05) is 50.2 Å². The summed E-state index contributed by atoms with van der Waals surface area (Å²) < 4.78 is 55.3. The average molecular weight is 1210 g/mol. The van der Waals surface area contributed by atoms with Gasteiger partial charge in [0.15, 0.2) is 21.2 Å². The molecule has 85 heavy (non-hydrogen) atoms. The molecule has 6 aromatic carbocycles. The van der Waals surface area contributed by atoms with Gasteiger partial charge in [-0.15, -0.1) is 22.7 Å². The lowest BCUT2D eigenvalue weighted by Gasteiger charge is -2.14. The van der Waals surface area contributed by atoms with E-state index in [-0.39, 0.29) is 67.7 Å². The molecule has 3 heterocycles. The van der Waals surface area contributed by atoms with Crippen molar-refractivity contribution in [3.05, 3.63) is 224 Å². The molecule has 440 valence electrons. The molecule has 0 fully saturated rings. The van der Waals surface area contributed by atoms with Gasteiger partial charge in [-0.2, -0.15) is 0 Å². The van der Waals surface area contributed by atoms with E-state index in [0.29, 0.717) is 96.2 Å². The predicted molar refractivity (Wildman–Crippen MR) is 323 cm³/mol. The number of aromatic nitrogens is 3. The zero-order valence-corrected chi connectivity index (χ0v) is 48.9. The van der Waals surface area contributed by atoms with Crippen LogP contribution >= 0.6 is 34.0 Å². The molecule has 0 saturated carbocycles. The molecule has 5 N–H and O–H groups in total. The third-order valence-electron chi connectivity index (χ3n) is 11.4. The summed E-state index contributed by atoms with van der Waals surface area (Å²) in [5.41, 5.74) is 4.83. The molecular weight excluding hydrogens is 1150 g/mol. The number of anilines is 4. The van der Waals surface area contributed by atoms with Crippen molar-refractivity contribution in [1.29, 1.82) is 0 Å². The van der Waals surface area contributed by atoms with Crippen LogP contribution in [0.4, 0.5) is 29.9 Å². The Labute approximate surface area is 500 Å². The summed E-state index contributed by atoms with van der Waals surface area (Å²) in [5.74, 6) is -1.01. The van der Waals surface area contributed by atoms with Crippen molar-refractivity contribution in [3.8, 4) is 17.2 Å². The summed E-state index contributed by atoms with van der Waals surface area (Å²) in [7, 11) is 0. The van der Waals surface area contributed by atoms with Crippen LogP contribution in [0.25, 0.3) is 0 Å². The molecule has 0 unspecified atom stereocenters. The molecule has 9 aromatic rings. The van der Waals surface area contributed by atoms with Gasteiger partial charge in [0.25, 0.3) is 17.7 Å². The van der Waals surface area contributed by atoms with Crippen LogP contribution in [0.5, 0.6) is 17.2 Å². The van der Waals surface area contributed by atoms with Crippen molar-refractivity contribution < 1.29 is 61.5 Å². The average Bonchev–Trinajstić information content (AvgIpc) is 4.40. The molecular formula is C62H59F2N7O11S3. The standard InChI is InChI=1S/C24H27N3O4S.C20H17FN2O4S.C18H15FN2O3S/c1-16(2)31-21-12-19(23(29)27-24-26-14-22(32-24)17(3)28)11-20(13-21)25-9-10-30-15-18-7-5-4-6-8-18;1-13(24)26-11-14-8-16(19(25)23-20-22-6-7-28-20)10-17(9-14)27-12-15-4-2-3-5-18(15)21;19-16-4-2-1-3-13(16)11-24-15-8-12(10-22)7-14(9-15)17(23)21-18-20-5-6-25-18/h4-8,11-14,16,25H,9-10,15H2,1-3H3,(H,26,27,29);2-10H,11-12H2,1H3,(H,22,23,25);1-9,22H,10-11H2,(H,20,21,23). The number of nitrogens with zero attached hydrogens (tertiary/aromatic N) is 3. The van der Waals surface area contributed by atoms with Gasteiger partial charge in [-0.1, -0.05) is 78.1 Å². The van der Waals surface area contributed by atoms with Crippen molar-refractivity contribution in [2.45, 2.75) is 66.8 Å². The number of aliphatic hydroxyl groups is 1. The lowest BCUT2D eigenvalue weighted by Crippen LogP contribution is -2.15. The highest BCUT2D eigenvalue weighted by atomic mass is 32.1. The van der Waals surface area contributed by atoms with Crippen LogP contribution in [0.15, 0.2) is 163 Å². The number of hydrogen-bond donors (Lipinski definition) is 5. The van der Waals surface area contributed by atoms with Gasteiger partial charge in [-0.3, -0.25) is 39.9 Å². The zero-order chi connectivity index (χ0) is 60.5. The van der Waals surface area contributed by atoms with Gasteiger partial charge in [0.2, 0.25) is 0 Å². The van der Waals surface area contributed by atoms with E-state index in [4.69, 9.17) is 23.7 Å². The summed E-state index contributed by atoms with van der Waals surface area (Å²) in [6, 6.07) is 37.4. The number of halogens is 2. The van der Waals surface area contributed by atoms with Crippen molar-refractivity contribution in [2.24, 2.45) is 0 Å². The van der Waals surface area contributed by atoms with Crippen molar-refractivity contribution in [3.63, 3.8) is 0 Å². The summed E-state index contributed by atoms with van der Waals surface area (Å²) >= 11 is 3.74. The van der Waals surface area contributed by atoms with Crippen LogP contribution in [0.1, 0.15) is 96.3 Å². The monoisotopic (exact) mass is 1210 g/mol. The Kier molecular flexibility index (Phi) is 24.2. The van der Waals surface area contributed by atoms with E-state index in [9.17, 15) is 37.9 Å². The summed E-state index contributed by atoms with van der Waals surface area (Å²) in [5, 5.41) is 25.6. The van der Waals surface area contributed by atoms with Crippen LogP contribution in [0.2, 0.25) is 0 Å². The number of carbonyl (C=O) groups is 5. The number of rotatable bonds is 24. The minimum Gasteiger partial charge on any atom is -0.491 e. The molecule has 0 radical (unpaired) electrons. The maximum atomic E-state index is 13.8. The fraction of sp³-hybridized carbons (Fsp3) is 0.194. The number of aliphatic hydroxyl groups excluding tert-OH is 1. The lowest BCUT2D eigenvalue weighted by molar-refractivity contribution is -0.142. The fourth-order valence-electron chi connectivity index (χ4n) is 7.44. The number of esters is 1. The van der Waals surface area contributed by atoms with E-state index < -0.39 is 5.97 Å². The number of hydrogen-bond acceptors (Lipinski definition) is 18. The molecule has 0 aliphatic rings. The van der Waals surface area contributed by atoms with Gasteiger partial charge in [0, 0.05) is 83.1 Å². The first kappa shape index (κ1) is 63.3. The first-order valence-electron chi connectivity index (χ1n) is 26.2. The van der Waals surface area contributed by atoms with Crippen molar-refractivity contribution in [2.75, 3.05) is 34.4 Å². The number of ketones is 1. The lowest BCUT2D eigenvalue weighted by atomic mass is 10.1. The minimum absolute atomic E-state index is 0.00275. The molecule has 0 saturated heterocycles. The zero-order valence-electron chi connectivity index (χ0n) is 46.5. The number of amides is 3. The maximum absolute atomic E-state index is 13.8. The van der Waals surface area contributed by atoms with E-state index in [1.54, 1.807) is 108 Å². The SMILES string of the molecule is CC(=O)OCc1cc(OCc2ccccc2F)cc(C(=O)Nc2nccs2)c1.CC(=O)c1cnc(NC(=O)c2cc(NCCOCc3ccccc3)cc(OC(C)C)c2)s1.O=C(Nc1nccs1)c1cc(CO)cc(OCc2ccccc2F)c1. The molecule has 9 rings (SSSR count). The number of nitrogens with one attached hydrogen (secondary N) is 4. The molecule has 0 bridgehead atoms. The Balaban J connectivity index is 0.000000184. The topological polar surface area (TPSA) is 239 Å². The summed E-state index contributed by atoms with van der Waals surface area (Å²) in [6.07, 6.45) is 4.60. The Morgan fingerprint density at radius 1 is 0.576 bits per heavy atom. The van der Waals surface area contributed by atoms with Crippen LogP contribution in [0.3, 0.4) is 0 Å². The number of carbonyl (C=O) groups excluding carboxylic acids is 5. The molecule has 3 amide bonds. The molecule has 3 aromatic heterocycles. The van der Waals surface area contributed by atoms with Crippen LogP contribution < -0.4 is 35.5 Å². The van der Waals surface area contributed by atoms with Gasteiger partial charge in [0.05, 0.1) is 37.0 Å². The third-order valence-corrected chi connectivity index (χ3v) is 13.8. The molecule has 0 spiro atoms. The normalized spacial score (nSPS) is 10.5. The van der Waals surface area contributed by atoms with Crippen LogP contribution in [-0.2, 0) is 47.3 Å². The van der Waals surface area contributed by atoms with Gasteiger partial charge in [-0.05, 0) is 91.2 Å². The summed E-state index contributed by atoms with van der Waals surface area (Å²) in [6.45, 7) is 8.02. The summed E-state index contributed by atoms with van der Waals surface area (Å²) in [4.78, 5) is 72.8. The molecule has 23 heteroatoms. The molecule has 0 aliphatic carbocycles. The number of ether oxygens (including phenoxy) is 5. The highest BCUT2D eigenvalue weighted by Gasteiger charge is 2.17. The highest BCUT2D eigenvalue weighted by molar-refractivity contribution is 7.17. The fourth-order valence-corrected chi connectivity index (χ4v) is 9.19. The van der Waals surface area contributed by atoms with E-state index in [0.717, 1.165) is 22.6 Å². The second-order valence-corrected chi connectivity index (χ2v) is 21.2. The van der Waals surface area contributed by atoms with Crippen molar-refractivity contribution >= 4 is 84.6 Å². The van der Waals surface area contributed by atoms with Gasteiger partial charge in [-0.25, -0.2) is 23.7 Å². The Morgan fingerprint density at radius 2 is 1.11 bits per heavy atom. The van der Waals surface area contributed by atoms with Gasteiger partial charge in [0.1, 0.15) is 48.7 Å². The minimum atomic E-state index is -0.438. The number of thiazole rings is 3. The number of Topliss-reactive ketones (excluding diaryl/α,β-unsaturated/α-hetero) is 1. The molecule has 18 nitrogen and oxygen atoms in total. The van der Waals surface area contributed by atoms with E-state index in [2.05, 4.69) is 36.2 Å². The second-order valence-electron chi connectivity index (χ2n) is 18.4. The van der Waals surface area contributed by atoms with Crippen LogP contribution in [-0.4, -0.2) is 68.8 Å². The van der Waals surface area contributed by atoms with E-state index in [1.165, 1.54) is 54.9 Å². The quantitative estimate of drug-likeness (QED) is 0.0215. The van der Waals surface area contributed by atoms with Crippen molar-refractivity contribution in [1.82, 2.24) is 15.0 Å².